The van der Waals surface area contributed by atoms with E-state index >= 15 is 0 Å². The van der Waals surface area contributed by atoms with E-state index in [0.717, 1.165) is 39.1 Å². The summed E-state index contributed by atoms with van der Waals surface area (Å²) in [5.41, 5.74) is 0.599. The van der Waals surface area contributed by atoms with Gasteiger partial charge in [0.25, 0.3) is 0 Å². The second kappa shape index (κ2) is 9.51. The van der Waals surface area contributed by atoms with Crippen molar-refractivity contribution in [3.05, 3.63) is 29.6 Å². The molecule has 2 saturated heterocycles. The van der Waals surface area contributed by atoms with E-state index < -0.39 is 0 Å². The smallest absolute Gasteiger partial charge is 0.239 e. The average Bonchev–Trinajstić information content (AvgIpc) is 2.94. The van der Waals surface area contributed by atoms with Crippen molar-refractivity contribution >= 4 is 5.91 Å². The summed E-state index contributed by atoms with van der Waals surface area (Å²) < 4.78 is 19.6. The maximum absolute atomic E-state index is 14.2. The molecule has 2 aliphatic rings. The molecular formula is C21H32FN3O2. The molecule has 0 aromatic heterocycles. The van der Waals surface area contributed by atoms with Gasteiger partial charge in [-0.2, -0.15) is 0 Å². The van der Waals surface area contributed by atoms with E-state index in [-0.39, 0.29) is 17.8 Å². The van der Waals surface area contributed by atoms with E-state index in [2.05, 4.69) is 9.80 Å². The molecule has 0 N–H and O–H groups in total. The first-order valence-corrected chi connectivity index (χ1v) is 10.2. The average molecular weight is 378 g/mol. The number of piperidine rings is 1. The lowest BCUT2D eigenvalue weighted by molar-refractivity contribution is -0.136. The van der Waals surface area contributed by atoms with Crippen LogP contribution >= 0.6 is 0 Å². The number of hydrogen-bond acceptors (Lipinski definition) is 4. The number of carbonyl (C=O) groups is 1. The first-order valence-electron chi connectivity index (χ1n) is 10.2. The van der Waals surface area contributed by atoms with Crippen LogP contribution in [0.1, 0.15) is 38.2 Å². The van der Waals surface area contributed by atoms with E-state index in [1.165, 1.54) is 25.3 Å². The molecule has 0 spiro atoms. The maximum atomic E-state index is 14.2. The Kier molecular flexibility index (Phi) is 7.07. The number of ether oxygens (including phenoxy) is 1. The van der Waals surface area contributed by atoms with Crippen LogP contribution in [0.5, 0.6) is 5.75 Å². The third kappa shape index (κ3) is 4.99. The Hall–Kier alpha value is -1.66. The zero-order chi connectivity index (χ0) is 19.2. The van der Waals surface area contributed by atoms with Crippen LogP contribution in [0.15, 0.2) is 18.2 Å². The Morgan fingerprint density at radius 2 is 1.85 bits per heavy atom. The van der Waals surface area contributed by atoms with Crippen LogP contribution in [0.3, 0.4) is 0 Å². The number of benzene rings is 1. The minimum atomic E-state index is -0.231. The minimum Gasteiger partial charge on any atom is -0.496 e. The molecule has 3 rings (SSSR count). The summed E-state index contributed by atoms with van der Waals surface area (Å²) in [5, 5.41) is 0. The zero-order valence-corrected chi connectivity index (χ0v) is 16.6. The maximum Gasteiger partial charge on any atom is 0.239 e. The fraction of sp³-hybridized carbons (Fsp3) is 0.667. The van der Waals surface area contributed by atoms with E-state index in [4.69, 9.17) is 4.74 Å². The molecule has 0 radical (unpaired) electrons. The van der Waals surface area contributed by atoms with Crippen molar-refractivity contribution in [2.75, 3.05) is 46.4 Å². The molecule has 1 atom stereocenters. The number of nitrogens with zero attached hydrogens (tertiary/aromatic N) is 3. The highest BCUT2D eigenvalue weighted by atomic mass is 19.1. The van der Waals surface area contributed by atoms with Crippen molar-refractivity contribution in [1.29, 1.82) is 0 Å². The molecule has 6 heteroatoms. The monoisotopic (exact) mass is 377 g/mol. The highest BCUT2D eigenvalue weighted by molar-refractivity contribution is 5.81. The van der Waals surface area contributed by atoms with Gasteiger partial charge < -0.3 is 9.64 Å². The standard InChI is InChI=1S/C21H32FN3O2/c1-17(24-11-4-3-5-12-24)21(26)25-13-7-10-23(14-15-25)16-18-19(22)8-6-9-20(18)27-2/h6,8-9,17H,3-5,7,10-16H2,1-2H3. The Bertz CT molecular complexity index is 634. The minimum absolute atomic E-state index is 0.0384. The number of halogens is 1. The lowest BCUT2D eigenvalue weighted by Gasteiger charge is -2.34. The topological polar surface area (TPSA) is 36.0 Å². The van der Waals surface area contributed by atoms with E-state index in [1.54, 1.807) is 19.2 Å². The summed E-state index contributed by atoms with van der Waals surface area (Å²) in [5.74, 6) is 0.596. The SMILES string of the molecule is COc1cccc(F)c1CN1CCCN(C(=O)C(C)N2CCCCC2)CC1. The van der Waals surface area contributed by atoms with Gasteiger partial charge in [-0.1, -0.05) is 12.5 Å². The normalized spacial score (nSPS) is 20.9. The molecule has 1 unspecified atom stereocenters. The molecule has 2 fully saturated rings. The van der Waals surface area contributed by atoms with Gasteiger partial charge in [0, 0.05) is 38.3 Å². The van der Waals surface area contributed by atoms with Crippen molar-refractivity contribution in [2.45, 2.75) is 45.2 Å². The number of amides is 1. The van der Waals surface area contributed by atoms with Gasteiger partial charge in [-0.05, 0) is 51.4 Å². The van der Waals surface area contributed by atoms with Gasteiger partial charge in [-0.25, -0.2) is 4.39 Å². The molecule has 1 aromatic carbocycles. The fourth-order valence-corrected chi connectivity index (χ4v) is 4.18. The molecule has 1 aromatic rings. The van der Waals surface area contributed by atoms with Crippen LogP contribution in [0, 0.1) is 5.82 Å². The summed E-state index contributed by atoms with van der Waals surface area (Å²) >= 11 is 0. The van der Waals surface area contributed by atoms with Crippen molar-refractivity contribution in [2.24, 2.45) is 0 Å². The van der Waals surface area contributed by atoms with Gasteiger partial charge >= 0.3 is 0 Å². The second-order valence-corrected chi connectivity index (χ2v) is 7.65. The van der Waals surface area contributed by atoms with Gasteiger partial charge in [-0.15, -0.1) is 0 Å². The highest BCUT2D eigenvalue weighted by Gasteiger charge is 2.28. The van der Waals surface area contributed by atoms with Gasteiger partial charge in [-0.3, -0.25) is 14.6 Å². The third-order valence-corrected chi connectivity index (χ3v) is 5.87. The Labute approximate surface area is 162 Å². The summed E-state index contributed by atoms with van der Waals surface area (Å²) in [6.07, 6.45) is 4.57. The predicted molar refractivity (Wildman–Crippen MR) is 104 cm³/mol. The van der Waals surface area contributed by atoms with Crippen LogP contribution in [0.4, 0.5) is 4.39 Å². The van der Waals surface area contributed by atoms with Gasteiger partial charge in [0.1, 0.15) is 11.6 Å². The van der Waals surface area contributed by atoms with Crippen LogP contribution in [0.2, 0.25) is 0 Å². The summed E-state index contributed by atoms with van der Waals surface area (Å²) in [4.78, 5) is 19.5. The van der Waals surface area contributed by atoms with Gasteiger partial charge in [0.2, 0.25) is 5.91 Å². The van der Waals surface area contributed by atoms with Crippen molar-refractivity contribution in [3.8, 4) is 5.75 Å². The second-order valence-electron chi connectivity index (χ2n) is 7.65. The van der Waals surface area contributed by atoms with Crippen molar-refractivity contribution in [1.82, 2.24) is 14.7 Å². The van der Waals surface area contributed by atoms with Crippen LogP contribution in [-0.2, 0) is 11.3 Å². The lowest BCUT2D eigenvalue weighted by Crippen LogP contribution is -2.49. The summed E-state index contributed by atoms with van der Waals surface area (Å²) in [7, 11) is 1.57. The molecule has 0 bridgehead atoms. The molecule has 150 valence electrons. The Morgan fingerprint density at radius 1 is 1.07 bits per heavy atom. The molecule has 5 nitrogen and oxygen atoms in total. The van der Waals surface area contributed by atoms with Crippen LogP contribution in [0.25, 0.3) is 0 Å². The lowest BCUT2D eigenvalue weighted by atomic mass is 10.1. The van der Waals surface area contributed by atoms with Crippen LogP contribution in [-0.4, -0.2) is 73.0 Å². The predicted octanol–water partition coefficient (Wildman–Crippen LogP) is 2.74. The Morgan fingerprint density at radius 3 is 2.59 bits per heavy atom. The molecule has 27 heavy (non-hydrogen) atoms. The largest absolute Gasteiger partial charge is 0.496 e. The quantitative estimate of drug-likeness (QED) is 0.791. The van der Waals surface area contributed by atoms with Gasteiger partial charge in [0.05, 0.1) is 13.2 Å². The molecule has 2 heterocycles. The third-order valence-electron chi connectivity index (χ3n) is 5.87. The van der Waals surface area contributed by atoms with Crippen molar-refractivity contribution in [3.63, 3.8) is 0 Å². The first kappa shape index (κ1) is 20.1. The molecular weight excluding hydrogens is 345 g/mol. The molecule has 2 aliphatic heterocycles. The number of likely N-dealkylation sites (tertiary alicyclic amines) is 1. The number of hydrogen-bond donors (Lipinski definition) is 0. The Balaban J connectivity index is 1.58. The summed E-state index contributed by atoms with van der Waals surface area (Å²) in [6, 6.07) is 4.91. The highest BCUT2D eigenvalue weighted by Crippen LogP contribution is 2.23. The molecule has 0 saturated carbocycles. The number of rotatable bonds is 5. The van der Waals surface area contributed by atoms with E-state index in [9.17, 15) is 9.18 Å². The first-order chi connectivity index (χ1) is 13.1. The van der Waals surface area contributed by atoms with E-state index in [1.807, 2.05) is 11.8 Å². The number of carbonyl (C=O) groups excluding carboxylic acids is 1. The molecule has 1 amide bonds. The van der Waals surface area contributed by atoms with Crippen LogP contribution < -0.4 is 4.74 Å². The summed E-state index contributed by atoms with van der Waals surface area (Å²) in [6.45, 7) is 7.71. The fourth-order valence-electron chi connectivity index (χ4n) is 4.18. The van der Waals surface area contributed by atoms with E-state index in [0.29, 0.717) is 24.4 Å². The molecule has 0 aliphatic carbocycles. The number of methoxy groups -OCH3 is 1. The van der Waals surface area contributed by atoms with Gasteiger partial charge in [0.15, 0.2) is 0 Å². The van der Waals surface area contributed by atoms with Crippen molar-refractivity contribution < 1.29 is 13.9 Å². The zero-order valence-electron chi connectivity index (χ0n) is 16.6.